The zero-order chi connectivity index (χ0) is 18.2. The van der Waals surface area contributed by atoms with Gasteiger partial charge in [-0.3, -0.25) is 4.79 Å². The lowest BCUT2D eigenvalue weighted by atomic mass is 10.1. The fraction of sp³-hybridized carbons (Fsp3) is 0.222. The van der Waals surface area contributed by atoms with E-state index in [0.29, 0.717) is 13.1 Å². The van der Waals surface area contributed by atoms with Crippen LogP contribution in [0.2, 0.25) is 0 Å². The summed E-state index contributed by atoms with van der Waals surface area (Å²) in [6, 6.07) is 12.8. The number of hydrogen-bond acceptors (Lipinski definition) is 6. The number of benzene rings is 1. The van der Waals surface area contributed by atoms with Crippen molar-refractivity contribution in [3.63, 3.8) is 0 Å². The number of nitrogens with zero attached hydrogens (tertiary/aromatic N) is 2. The van der Waals surface area contributed by atoms with Crippen molar-refractivity contribution in [1.29, 1.82) is 0 Å². The first-order valence-electron chi connectivity index (χ1n) is 7.88. The van der Waals surface area contributed by atoms with E-state index in [1.165, 1.54) is 17.3 Å². The van der Waals surface area contributed by atoms with Crippen molar-refractivity contribution >= 4 is 5.97 Å². The molecule has 0 spiro atoms. The Morgan fingerprint density at radius 2 is 1.88 bits per heavy atom. The topological polar surface area (TPSA) is 104 Å². The van der Waals surface area contributed by atoms with Crippen LogP contribution in [-0.4, -0.2) is 22.2 Å². The van der Waals surface area contributed by atoms with Gasteiger partial charge in [0, 0.05) is 18.5 Å². The number of rotatable bonds is 7. The predicted molar refractivity (Wildman–Crippen MR) is 94.9 cm³/mol. The molecule has 1 heterocycles. The first kappa shape index (κ1) is 18.3. The third-order valence-electron chi connectivity index (χ3n) is 3.46. The number of aromatic nitrogens is 1. The fourth-order valence-corrected chi connectivity index (χ4v) is 2.24. The van der Waals surface area contributed by atoms with E-state index < -0.39 is 5.97 Å². The standard InChI is InChI=1S/C18H22N4O3/c1-2-25-18(24)16(19)13-22(20)12-15-8-6-14(7-9-15)11-21-10-4-3-5-17(21)23/h3-10,13H,2,11-12,19-20H2,1H3/b16-13-. The summed E-state index contributed by atoms with van der Waals surface area (Å²) in [7, 11) is 0. The van der Waals surface area contributed by atoms with Crippen molar-refractivity contribution < 1.29 is 9.53 Å². The van der Waals surface area contributed by atoms with Crippen LogP contribution >= 0.6 is 0 Å². The first-order chi connectivity index (χ1) is 12.0. The number of carbonyl (C=O) groups is 1. The third kappa shape index (κ3) is 5.50. The number of carbonyl (C=O) groups excluding carboxylic acids is 1. The molecular formula is C18H22N4O3. The number of pyridine rings is 1. The van der Waals surface area contributed by atoms with E-state index in [0.717, 1.165) is 11.1 Å². The van der Waals surface area contributed by atoms with E-state index >= 15 is 0 Å². The summed E-state index contributed by atoms with van der Waals surface area (Å²) in [5.41, 5.74) is 7.47. The van der Waals surface area contributed by atoms with Gasteiger partial charge in [-0.25, -0.2) is 10.6 Å². The van der Waals surface area contributed by atoms with Gasteiger partial charge in [-0.1, -0.05) is 30.3 Å². The van der Waals surface area contributed by atoms with Crippen LogP contribution < -0.4 is 17.1 Å². The zero-order valence-electron chi connectivity index (χ0n) is 14.1. The van der Waals surface area contributed by atoms with E-state index in [1.807, 2.05) is 30.3 Å². The maximum atomic E-state index is 11.7. The fourth-order valence-electron chi connectivity index (χ4n) is 2.24. The molecule has 132 valence electrons. The molecule has 0 unspecified atom stereocenters. The highest BCUT2D eigenvalue weighted by Crippen LogP contribution is 2.08. The van der Waals surface area contributed by atoms with E-state index in [4.69, 9.17) is 16.3 Å². The molecule has 7 heteroatoms. The van der Waals surface area contributed by atoms with Crippen molar-refractivity contribution in [3.05, 3.63) is 82.0 Å². The molecule has 0 bridgehead atoms. The number of hydrogen-bond donors (Lipinski definition) is 2. The second kappa shape index (κ2) is 8.70. The molecule has 1 aromatic heterocycles. The summed E-state index contributed by atoms with van der Waals surface area (Å²) in [6.07, 6.45) is 3.09. The minimum atomic E-state index is -0.596. The molecule has 0 amide bonds. The molecule has 0 radical (unpaired) electrons. The van der Waals surface area contributed by atoms with E-state index in [2.05, 4.69) is 0 Å². The first-order valence-corrected chi connectivity index (χ1v) is 7.88. The molecule has 2 rings (SSSR count). The van der Waals surface area contributed by atoms with E-state index in [1.54, 1.807) is 23.8 Å². The lowest BCUT2D eigenvalue weighted by Crippen LogP contribution is -2.28. The van der Waals surface area contributed by atoms with Crippen LogP contribution in [0, 0.1) is 0 Å². The lowest BCUT2D eigenvalue weighted by molar-refractivity contribution is -0.138. The van der Waals surface area contributed by atoms with Gasteiger partial charge >= 0.3 is 5.97 Å². The summed E-state index contributed by atoms with van der Waals surface area (Å²) in [4.78, 5) is 23.2. The van der Waals surface area contributed by atoms with Crippen molar-refractivity contribution in [2.75, 3.05) is 6.61 Å². The van der Waals surface area contributed by atoms with Crippen LogP contribution in [0.15, 0.2) is 65.4 Å². The molecule has 2 aromatic rings. The monoisotopic (exact) mass is 342 g/mol. The molecule has 1 aromatic carbocycles. The highest BCUT2D eigenvalue weighted by atomic mass is 16.5. The van der Waals surface area contributed by atoms with Gasteiger partial charge < -0.3 is 20.0 Å². The van der Waals surface area contributed by atoms with Crippen LogP contribution in [0.3, 0.4) is 0 Å². The minimum absolute atomic E-state index is 0.0423. The van der Waals surface area contributed by atoms with E-state index in [-0.39, 0.29) is 17.9 Å². The quantitative estimate of drug-likeness (QED) is 0.336. The predicted octanol–water partition coefficient (Wildman–Crippen LogP) is 0.935. The third-order valence-corrected chi connectivity index (χ3v) is 3.46. The van der Waals surface area contributed by atoms with Gasteiger partial charge in [-0.2, -0.15) is 0 Å². The van der Waals surface area contributed by atoms with Crippen molar-refractivity contribution in [1.82, 2.24) is 9.58 Å². The molecule has 25 heavy (non-hydrogen) atoms. The van der Waals surface area contributed by atoms with Crippen molar-refractivity contribution in [2.24, 2.45) is 11.6 Å². The van der Waals surface area contributed by atoms with Gasteiger partial charge in [0.15, 0.2) is 0 Å². The Labute approximate surface area is 146 Å². The molecule has 0 aliphatic carbocycles. The van der Waals surface area contributed by atoms with Crippen molar-refractivity contribution in [3.8, 4) is 0 Å². The van der Waals surface area contributed by atoms with Gasteiger partial charge in [0.25, 0.3) is 5.56 Å². The molecule has 0 atom stereocenters. The molecular weight excluding hydrogens is 320 g/mol. The van der Waals surface area contributed by atoms with Crippen LogP contribution in [0.5, 0.6) is 0 Å². The molecule has 0 fully saturated rings. The van der Waals surface area contributed by atoms with E-state index in [9.17, 15) is 9.59 Å². The second-order valence-electron chi connectivity index (χ2n) is 5.46. The van der Waals surface area contributed by atoms with Crippen LogP contribution in [0.25, 0.3) is 0 Å². The average Bonchev–Trinajstić information content (AvgIpc) is 2.58. The van der Waals surface area contributed by atoms with Gasteiger partial charge in [0.2, 0.25) is 0 Å². The SMILES string of the molecule is CCOC(=O)/C(N)=C/N(N)Cc1ccc(Cn2ccccc2=O)cc1. The normalized spacial score (nSPS) is 11.2. The molecule has 4 N–H and O–H groups in total. The van der Waals surface area contributed by atoms with Crippen LogP contribution in [-0.2, 0) is 22.6 Å². The largest absolute Gasteiger partial charge is 0.461 e. The summed E-state index contributed by atoms with van der Waals surface area (Å²) in [6.45, 7) is 2.84. The second-order valence-corrected chi connectivity index (χ2v) is 5.46. The Kier molecular flexibility index (Phi) is 6.36. The molecule has 0 aliphatic rings. The van der Waals surface area contributed by atoms with Gasteiger partial charge in [0.1, 0.15) is 5.70 Å². The Hall–Kier alpha value is -3.06. The lowest BCUT2D eigenvalue weighted by Gasteiger charge is -2.15. The summed E-state index contributed by atoms with van der Waals surface area (Å²) < 4.78 is 6.43. The summed E-state index contributed by atoms with van der Waals surface area (Å²) >= 11 is 0. The molecule has 7 nitrogen and oxygen atoms in total. The average molecular weight is 342 g/mol. The van der Waals surface area contributed by atoms with Gasteiger partial charge in [-0.05, 0) is 24.1 Å². The number of hydrazine groups is 1. The molecule has 0 aliphatic heterocycles. The number of ether oxygens (including phenoxy) is 1. The Balaban J connectivity index is 1.98. The maximum Gasteiger partial charge on any atom is 0.355 e. The zero-order valence-corrected chi connectivity index (χ0v) is 14.1. The molecule has 0 saturated carbocycles. The smallest absolute Gasteiger partial charge is 0.355 e. The highest BCUT2D eigenvalue weighted by Gasteiger charge is 2.07. The number of nitrogens with two attached hydrogens (primary N) is 2. The summed E-state index contributed by atoms with van der Waals surface area (Å²) in [5, 5.41) is 1.32. The molecule has 0 saturated heterocycles. The minimum Gasteiger partial charge on any atom is -0.461 e. The Morgan fingerprint density at radius 1 is 1.20 bits per heavy atom. The Morgan fingerprint density at radius 3 is 2.52 bits per heavy atom. The van der Waals surface area contributed by atoms with Crippen LogP contribution in [0.4, 0.5) is 0 Å². The van der Waals surface area contributed by atoms with Gasteiger partial charge in [-0.15, -0.1) is 0 Å². The van der Waals surface area contributed by atoms with Crippen molar-refractivity contribution in [2.45, 2.75) is 20.0 Å². The highest BCUT2D eigenvalue weighted by molar-refractivity contribution is 5.87. The van der Waals surface area contributed by atoms with Gasteiger partial charge in [0.05, 0.1) is 19.7 Å². The summed E-state index contributed by atoms with van der Waals surface area (Å²) in [5.74, 6) is 5.25. The number of esters is 1. The maximum absolute atomic E-state index is 11.7. The van der Waals surface area contributed by atoms with Crippen LogP contribution in [0.1, 0.15) is 18.1 Å². The Bertz CT molecular complexity index is 796.